The van der Waals surface area contributed by atoms with Crippen LogP contribution in [0.4, 0.5) is 0 Å². The summed E-state index contributed by atoms with van der Waals surface area (Å²) in [4.78, 5) is 4.76. The molecule has 0 aliphatic carbocycles. The van der Waals surface area contributed by atoms with Gasteiger partial charge in [0.25, 0.3) is 0 Å². The standard InChI is InChI=1S/C14H27N3.C10H19N3/c1-5-6-9-17-10-7-14(12-15,8-11-17)16-13(2,3)4;1-9(2)12-10(8-11)4-6-13(3)7-5-10/h16H,5-11H2,1-4H3;9,12H,4-7H2,1-3H3. The molecule has 0 spiro atoms. The van der Waals surface area contributed by atoms with E-state index >= 15 is 0 Å². The fourth-order valence-corrected chi connectivity index (χ4v) is 4.36. The molecule has 0 atom stereocenters. The van der Waals surface area contributed by atoms with Gasteiger partial charge in [-0.2, -0.15) is 10.5 Å². The Morgan fingerprint density at radius 2 is 1.43 bits per heavy atom. The molecule has 2 rings (SSSR count). The van der Waals surface area contributed by atoms with Gasteiger partial charge in [-0.15, -0.1) is 0 Å². The summed E-state index contributed by atoms with van der Waals surface area (Å²) in [7, 11) is 2.11. The van der Waals surface area contributed by atoms with Gasteiger partial charge in [0.05, 0.1) is 12.1 Å². The van der Waals surface area contributed by atoms with E-state index in [9.17, 15) is 5.26 Å². The number of nitrogens with zero attached hydrogens (tertiary/aromatic N) is 4. The van der Waals surface area contributed by atoms with Crippen LogP contribution in [-0.2, 0) is 0 Å². The molecule has 0 radical (unpaired) electrons. The van der Waals surface area contributed by atoms with E-state index < -0.39 is 0 Å². The first-order chi connectivity index (χ1) is 14.0. The Morgan fingerprint density at radius 3 is 1.83 bits per heavy atom. The topological polar surface area (TPSA) is 78.1 Å². The smallest absolute Gasteiger partial charge is 0.109 e. The Labute approximate surface area is 186 Å². The van der Waals surface area contributed by atoms with E-state index in [1.807, 2.05) is 0 Å². The van der Waals surface area contributed by atoms with Crippen molar-refractivity contribution in [2.24, 2.45) is 0 Å². The summed E-state index contributed by atoms with van der Waals surface area (Å²) in [5.41, 5.74) is -0.553. The molecule has 0 unspecified atom stereocenters. The molecule has 30 heavy (non-hydrogen) atoms. The predicted molar refractivity (Wildman–Crippen MR) is 125 cm³/mol. The number of rotatable bonds is 6. The number of hydrogen-bond acceptors (Lipinski definition) is 6. The Kier molecular flexibility index (Phi) is 10.8. The maximum Gasteiger partial charge on any atom is 0.109 e. The molecule has 2 aliphatic heterocycles. The lowest BCUT2D eigenvalue weighted by atomic mass is 9.86. The summed E-state index contributed by atoms with van der Waals surface area (Å²) in [5, 5.41) is 25.5. The summed E-state index contributed by atoms with van der Waals surface area (Å²) in [5.74, 6) is 0. The molecular formula is C24H46N6. The van der Waals surface area contributed by atoms with Gasteiger partial charge < -0.3 is 9.80 Å². The molecule has 172 valence electrons. The van der Waals surface area contributed by atoms with E-state index in [1.54, 1.807) is 0 Å². The minimum atomic E-state index is -0.305. The van der Waals surface area contributed by atoms with E-state index in [0.29, 0.717) is 6.04 Å². The fraction of sp³-hybridized carbons (Fsp3) is 0.917. The van der Waals surface area contributed by atoms with Gasteiger partial charge in [0, 0.05) is 37.8 Å². The largest absolute Gasteiger partial charge is 0.306 e. The van der Waals surface area contributed by atoms with Crippen molar-refractivity contribution in [3.05, 3.63) is 0 Å². The molecular weight excluding hydrogens is 372 g/mol. The summed E-state index contributed by atoms with van der Waals surface area (Å²) in [6, 6.07) is 5.34. The number of nitriles is 2. The van der Waals surface area contributed by atoms with Gasteiger partial charge in [0.15, 0.2) is 0 Å². The van der Waals surface area contributed by atoms with E-state index in [4.69, 9.17) is 5.26 Å². The lowest BCUT2D eigenvalue weighted by Gasteiger charge is -2.41. The number of hydrogen-bond donors (Lipinski definition) is 2. The molecule has 2 saturated heterocycles. The monoisotopic (exact) mass is 418 g/mol. The number of likely N-dealkylation sites (tertiary alicyclic amines) is 2. The van der Waals surface area contributed by atoms with Crippen molar-refractivity contribution >= 4 is 0 Å². The molecule has 2 N–H and O–H groups in total. The van der Waals surface area contributed by atoms with Gasteiger partial charge in [0.2, 0.25) is 0 Å². The van der Waals surface area contributed by atoms with Crippen LogP contribution in [0.3, 0.4) is 0 Å². The minimum absolute atomic E-state index is 0.0152. The summed E-state index contributed by atoms with van der Waals surface area (Å²) >= 11 is 0. The molecule has 2 heterocycles. The van der Waals surface area contributed by atoms with E-state index in [1.165, 1.54) is 19.4 Å². The third-order valence-electron chi connectivity index (χ3n) is 5.99. The molecule has 0 aromatic rings. The first-order valence-corrected chi connectivity index (χ1v) is 11.8. The average Bonchev–Trinajstić information content (AvgIpc) is 2.68. The zero-order valence-corrected chi connectivity index (χ0v) is 20.6. The highest BCUT2D eigenvalue weighted by Gasteiger charge is 2.37. The van der Waals surface area contributed by atoms with Crippen molar-refractivity contribution < 1.29 is 0 Å². The van der Waals surface area contributed by atoms with Crippen LogP contribution >= 0.6 is 0 Å². The van der Waals surface area contributed by atoms with Crippen LogP contribution in [0.1, 0.15) is 80.1 Å². The zero-order valence-electron chi connectivity index (χ0n) is 20.6. The van der Waals surface area contributed by atoms with Crippen molar-refractivity contribution in [2.75, 3.05) is 39.8 Å². The van der Waals surface area contributed by atoms with Gasteiger partial charge >= 0.3 is 0 Å². The number of unbranched alkanes of at least 4 members (excludes halogenated alkanes) is 1. The molecule has 0 amide bonds. The third kappa shape index (κ3) is 9.31. The minimum Gasteiger partial charge on any atom is -0.306 e. The first-order valence-electron chi connectivity index (χ1n) is 11.8. The average molecular weight is 419 g/mol. The second-order valence-corrected chi connectivity index (χ2v) is 10.6. The SMILES string of the molecule is CC(C)NC1(C#N)CCN(C)CC1.CCCCN1CCC(C#N)(NC(C)(C)C)CC1. The summed E-state index contributed by atoms with van der Waals surface area (Å²) in [6.45, 7) is 18.2. The van der Waals surface area contributed by atoms with Gasteiger partial charge in [-0.3, -0.25) is 10.6 Å². The predicted octanol–water partition coefficient (Wildman–Crippen LogP) is 3.51. The Morgan fingerprint density at radius 1 is 0.933 bits per heavy atom. The summed E-state index contributed by atoms with van der Waals surface area (Å²) < 4.78 is 0. The van der Waals surface area contributed by atoms with E-state index in [2.05, 4.69) is 81.2 Å². The van der Waals surface area contributed by atoms with E-state index in [0.717, 1.165) is 51.9 Å². The van der Waals surface area contributed by atoms with Crippen molar-refractivity contribution in [1.29, 1.82) is 10.5 Å². The van der Waals surface area contributed by atoms with Crippen molar-refractivity contribution in [1.82, 2.24) is 20.4 Å². The van der Waals surface area contributed by atoms with Crippen LogP contribution < -0.4 is 10.6 Å². The van der Waals surface area contributed by atoms with Crippen molar-refractivity contribution in [2.45, 2.75) is 103 Å². The van der Waals surface area contributed by atoms with Crippen LogP contribution in [0.2, 0.25) is 0 Å². The third-order valence-corrected chi connectivity index (χ3v) is 5.99. The zero-order chi connectivity index (χ0) is 22.8. The van der Waals surface area contributed by atoms with Gasteiger partial charge in [0.1, 0.15) is 11.1 Å². The second-order valence-electron chi connectivity index (χ2n) is 10.6. The van der Waals surface area contributed by atoms with Crippen LogP contribution in [0, 0.1) is 22.7 Å². The molecule has 0 saturated carbocycles. The lowest BCUT2D eigenvalue weighted by molar-refractivity contribution is 0.145. The normalized spacial score (nSPS) is 21.9. The van der Waals surface area contributed by atoms with Gasteiger partial charge in [-0.25, -0.2) is 0 Å². The highest BCUT2D eigenvalue weighted by Crippen LogP contribution is 2.24. The quantitative estimate of drug-likeness (QED) is 0.687. The number of piperidine rings is 2. The maximum absolute atomic E-state index is 9.44. The second kappa shape index (κ2) is 12.0. The van der Waals surface area contributed by atoms with Crippen LogP contribution in [0.5, 0.6) is 0 Å². The Hall–Kier alpha value is -1.18. The molecule has 2 aliphatic rings. The molecule has 2 fully saturated rings. The highest BCUT2D eigenvalue weighted by molar-refractivity contribution is 5.12. The summed E-state index contributed by atoms with van der Waals surface area (Å²) in [6.07, 6.45) is 6.30. The highest BCUT2D eigenvalue weighted by atomic mass is 15.2. The van der Waals surface area contributed by atoms with Crippen LogP contribution in [0.25, 0.3) is 0 Å². The van der Waals surface area contributed by atoms with Gasteiger partial charge in [-0.05, 0) is 80.3 Å². The Balaban J connectivity index is 0.000000311. The molecule has 0 aromatic heterocycles. The Bertz CT molecular complexity index is 564. The molecule has 6 heteroatoms. The van der Waals surface area contributed by atoms with Crippen molar-refractivity contribution in [3.8, 4) is 12.1 Å². The molecule has 6 nitrogen and oxygen atoms in total. The first kappa shape index (κ1) is 26.9. The molecule has 0 bridgehead atoms. The molecule has 0 aromatic carbocycles. The van der Waals surface area contributed by atoms with E-state index in [-0.39, 0.29) is 16.6 Å². The van der Waals surface area contributed by atoms with Crippen molar-refractivity contribution in [3.63, 3.8) is 0 Å². The fourth-order valence-electron chi connectivity index (χ4n) is 4.36. The maximum atomic E-state index is 9.44. The van der Waals surface area contributed by atoms with Gasteiger partial charge in [-0.1, -0.05) is 13.3 Å². The lowest BCUT2D eigenvalue weighted by Crippen LogP contribution is -2.58. The van der Waals surface area contributed by atoms with Crippen LogP contribution in [-0.4, -0.2) is 72.2 Å². The van der Waals surface area contributed by atoms with Crippen LogP contribution in [0.15, 0.2) is 0 Å². The number of nitrogens with one attached hydrogen (secondary N) is 2.